The molecular formula is C15H21ClN2. The predicted molar refractivity (Wildman–Crippen MR) is 78.2 cm³/mol. The van der Waals surface area contributed by atoms with Crippen LogP contribution < -0.4 is 0 Å². The van der Waals surface area contributed by atoms with E-state index in [1.807, 2.05) is 0 Å². The van der Waals surface area contributed by atoms with Crippen molar-refractivity contribution < 1.29 is 0 Å². The minimum Gasteiger partial charge on any atom is -0.265 e. The lowest BCUT2D eigenvalue weighted by Crippen LogP contribution is -2.13. The van der Waals surface area contributed by atoms with Gasteiger partial charge in [0.15, 0.2) is 0 Å². The van der Waals surface area contributed by atoms with Crippen molar-refractivity contribution in [3.8, 4) is 0 Å². The maximum atomic E-state index is 6.32. The van der Waals surface area contributed by atoms with Gasteiger partial charge in [0.1, 0.15) is 0 Å². The summed E-state index contributed by atoms with van der Waals surface area (Å²) >= 11 is 6.32. The summed E-state index contributed by atoms with van der Waals surface area (Å²) in [6.45, 7) is 7.38. The summed E-state index contributed by atoms with van der Waals surface area (Å²) in [5.74, 6) is 0.459. The normalized spacial score (nSPS) is 14.9. The lowest BCUT2D eigenvalue weighted by atomic mass is 9.98. The zero-order chi connectivity index (χ0) is 13.1. The highest BCUT2D eigenvalue weighted by atomic mass is 35.5. The zero-order valence-electron chi connectivity index (χ0n) is 11.4. The average molecular weight is 265 g/mol. The average Bonchev–Trinajstić information content (AvgIpc) is 2.76. The summed E-state index contributed by atoms with van der Waals surface area (Å²) < 4.78 is 2.08. The molecule has 0 fully saturated rings. The van der Waals surface area contributed by atoms with Crippen LogP contribution in [0.25, 0.3) is 10.9 Å². The van der Waals surface area contributed by atoms with Crippen LogP contribution in [-0.2, 0) is 13.0 Å². The number of benzene rings is 1. The summed E-state index contributed by atoms with van der Waals surface area (Å²) in [5, 5.41) is 6.22. The van der Waals surface area contributed by atoms with Gasteiger partial charge in [0.05, 0.1) is 11.2 Å². The van der Waals surface area contributed by atoms with Gasteiger partial charge in [-0.15, -0.1) is 11.6 Å². The van der Waals surface area contributed by atoms with Gasteiger partial charge in [0.2, 0.25) is 0 Å². The molecule has 1 aromatic heterocycles. The number of rotatable bonds is 5. The molecule has 0 bridgehead atoms. The van der Waals surface area contributed by atoms with Gasteiger partial charge in [-0.3, -0.25) is 4.68 Å². The van der Waals surface area contributed by atoms with Crippen molar-refractivity contribution in [2.75, 3.05) is 0 Å². The van der Waals surface area contributed by atoms with Gasteiger partial charge < -0.3 is 0 Å². The molecule has 2 atom stereocenters. The number of alkyl halides is 1. The molecule has 0 spiro atoms. The van der Waals surface area contributed by atoms with E-state index in [1.165, 1.54) is 16.6 Å². The van der Waals surface area contributed by atoms with Crippen LogP contribution >= 0.6 is 11.6 Å². The molecule has 1 aromatic carbocycles. The predicted octanol–water partition coefficient (Wildman–Crippen LogP) is 4.25. The van der Waals surface area contributed by atoms with Gasteiger partial charge in [-0.1, -0.05) is 32.0 Å². The van der Waals surface area contributed by atoms with Crippen LogP contribution in [0.3, 0.4) is 0 Å². The van der Waals surface area contributed by atoms with Crippen molar-refractivity contribution in [3.63, 3.8) is 0 Å². The first-order valence-corrected chi connectivity index (χ1v) is 7.19. The Balaban J connectivity index is 2.33. The Bertz CT molecular complexity index is 518. The third-order valence-electron chi connectivity index (χ3n) is 3.56. The first-order valence-electron chi connectivity index (χ1n) is 6.75. The first-order chi connectivity index (χ1) is 8.67. The molecule has 0 aliphatic heterocycles. The first kappa shape index (κ1) is 13.4. The number of halogens is 1. The minimum absolute atomic E-state index is 0.232. The molecule has 98 valence electrons. The molecule has 0 amide bonds. The van der Waals surface area contributed by atoms with E-state index in [2.05, 4.69) is 49.7 Å². The van der Waals surface area contributed by atoms with Crippen LogP contribution in [0.1, 0.15) is 32.9 Å². The lowest BCUT2D eigenvalue weighted by molar-refractivity contribution is 0.519. The highest BCUT2D eigenvalue weighted by Crippen LogP contribution is 2.24. The second-order valence-corrected chi connectivity index (χ2v) is 5.45. The number of fused-ring (bicyclic) bond motifs is 1. The second-order valence-electron chi connectivity index (χ2n) is 4.89. The van der Waals surface area contributed by atoms with Gasteiger partial charge in [-0.2, -0.15) is 5.10 Å². The Morgan fingerprint density at radius 1 is 1.28 bits per heavy atom. The summed E-state index contributed by atoms with van der Waals surface area (Å²) in [6, 6.07) is 8.44. The van der Waals surface area contributed by atoms with Crippen LogP contribution in [0, 0.1) is 5.92 Å². The largest absolute Gasteiger partial charge is 0.265 e. The molecule has 18 heavy (non-hydrogen) atoms. The summed E-state index contributed by atoms with van der Waals surface area (Å²) in [4.78, 5) is 0. The summed E-state index contributed by atoms with van der Waals surface area (Å²) in [6.07, 6.45) is 1.96. The topological polar surface area (TPSA) is 17.8 Å². The quantitative estimate of drug-likeness (QED) is 0.738. The Labute approximate surface area is 114 Å². The van der Waals surface area contributed by atoms with Gasteiger partial charge in [0.25, 0.3) is 0 Å². The molecule has 2 nitrogen and oxygen atoms in total. The molecule has 0 radical (unpaired) electrons. The zero-order valence-corrected chi connectivity index (χ0v) is 12.1. The molecule has 0 aliphatic rings. The Morgan fingerprint density at radius 2 is 2.00 bits per heavy atom. The monoisotopic (exact) mass is 264 g/mol. The van der Waals surface area contributed by atoms with E-state index in [4.69, 9.17) is 16.7 Å². The molecule has 2 aromatic rings. The third kappa shape index (κ3) is 2.54. The highest BCUT2D eigenvalue weighted by Gasteiger charge is 2.17. The Kier molecular flexibility index (Phi) is 4.28. The standard InChI is InChI=1S/C15H21ClN2/c1-4-13(16)11(3)10-14-12-8-6-7-9-15(12)18(5-2)17-14/h6-9,11,13H,4-5,10H2,1-3H3. The van der Waals surface area contributed by atoms with Gasteiger partial charge in [-0.05, 0) is 31.7 Å². The molecular weight excluding hydrogens is 244 g/mol. The van der Waals surface area contributed by atoms with Crippen molar-refractivity contribution >= 4 is 22.5 Å². The van der Waals surface area contributed by atoms with Gasteiger partial charge in [0, 0.05) is 17.3 Å². The fraction of sp³-hybridized carbons (Fsp3) is 0.533. The number of aryl methyl sites for hydroxylation is 1. The third-order valence-corrected chi connectivity index (χ3v) is 4.30. The molecule has 1 heterocycles. The minimum atomic E-state index is 0.232. The van der Waals surface area contributed by atoms with E-state index < -0.39 is 0 Å². The molecule has 2 unspecified atom stereocenters. The van der Waals surface area contributed by atoms with Crippen LogP contribution in [0.4, 0.5) is 0 Å². The van der Waals surface area contributed by atoms with Crippen molar-refractivity contribution in [2.45, 2.75) is 45.5 Å². The maximum absolute atomic E-state index is 6.32. The molecule has 2 rings (SSSR count). The van der Waals surface area contributed by atoms with E-state index in [9.17, 15) is 0 Å². The van der Waals surface area contributed by atoms with E-state index >= 15 is 0 Å². The number of aromatic nitrogens is 2. The molecule has 0 aliphatic carbocycles. The fourth-order valence-corrected chi connectivity index (χ4v) is 2.51. The van der Waals surface area contributed by atoms with Gasteiger partial charge in [-0.25, -0.2) is 0 Å². The molecule has 0 saturated heterocycles. The van der Waals surface area contributed by atoms with Crippen molar-refractivity contribution in [1.29, 1.82) is 0 Å². The van der Waals surface area contributed by atoms with Crippen LogP contribution in [0.2, 0.25) is 0 Å². The Morgan fingerprint density at radius 3 is 2.67 bits per heavy atom. The second kappa shape index (κ2) is 5.75. The molecule has 0 saturated carbocycles. The van der Waals surface area contributed by atoms with E-state index in [0.717, 1.165) is 19.4 Å². The van der Waals surface area contributed by atoms with Crippen LogP contribution in [0.15, 0.2) is 24.3 Å². The van der Waals surface area contributed by atoms with Crippen LogP contribution in [0.5, 0.6) is 0 Å². The van der Waals surface area contributed by atoms with Gasteiger partial charge >= 0.3 is 0 Å². The smallest absolute Gasteiger partial charge is 0.0706 e. The number of hydrogen-bond acceptors (Lipinski definition) is 1. The van der Waals surface area contributed by atoms with Crippen LogP contribution in [-0.4, -0.2) is 15.2 Å². The van der Waals surface area contributed by atoms with Crippen molar-refractivity contribution in [1.82, 2.24) is 9.78 Å². The fourth-order valence-electron chi connectivity index (χ4n) is 2.42. The van der Waals surface area contributed by atoms with E-state index in [-0.39, 0.29) is 5.38 Å². The number of nitrogens with zero attached hydrogens (tertiary/aromatic N) is 2. The molecule has 3 heteroatoms. The SMILES string of the molecule is CCC(Cl)C(C)Cc1nn(CC)c2ccccc12. The highest BCUT2D eigenvalue weighted by molar-refractivity contribution is 6.20. The summed E-state index contributed by atoms with van der Waals surface area (Å²) in [7, 11) is 0. The van der Waals surface area contributed by atoms with Crippen molar-refractivity contribution in [3.05, 3.63) is 30.0 Å². The van der Waals surface area contributed by atoms with Crippen molar-refractivity contribution in [2.24, 2.45) is 5.92 Å². The van der Waals surface area contributed by atoms with E-state index in [0.29, 0.717) is 5.92 Å². The lowest BCUT2D eigenvalue weighted by Gasteiger charge is -2.14. The molecule has 0 N–H and O–H groups in total. The van der Waals surface area contributed by atoms with E-state index in [1.54, 1.807) is 0 Å². The maximum Gasteiger partial charge on any atom is 0.0706 e. The number of para-hydroxylation sites is 1. The Hall–Kier alpha value is -1.02. The summed E-state index contributed by atoms with van der Waals surface area (Å²) in [5.41, 5.74) is 2.41. The number of hydrogen-bond donors (Lipinski definition) is 0.